The van der Waals surface area contributed by atoms with Crippen LogP contribution in [0.25, 0.3) is 0 Å². The zero-order valence-electron chi connectivity index (χ0n) is 19.1. The number of rotatable bonds is 8. The molecule has 8 heteroatoms. The maximum absolute atomic E-state index is 13.4. The highest BCUT2D eigenvalue weighted by Crippen LogP contribution is 2.50. The maximum Gasteiger partial charge on any atom is 0.272 e. The number of nitrogens with one attached hydrogen (secondary N) is 1. The van der Waals surface area contributed by atoms with Gasteiger partial charge in [0, 0.05) is 47.8 Å². The minimum atomic E-state index is -0.259. The predicted molar refractivity (Wildman–Crippen MR) is 135 cm³/mol. The predicted octanol–water partition coefficient (Wildman–Crippen LogP) is 4.47. The van der Waals surface area contributed by atoms with E-state index in [1.54, 1.807) is 23.9 Å². The quantitative estimate of drug-likeness (QED) is 0.501. The van der Waals surface area contributed by atoms with Crippen molar-refractivity contribution >= 4 is 35.2 Å². The van der Waals surface area contributed by atoms with Crippen LogP contribution >= 0.6 is 23.4 Å². The molecule has 0 bridgehead atoms. The molecule has 2 aliphatic rings. The smallest absolute Gasteiger partial charge is 0.272 e. The van der Waals surface area contributed by atoms with E-state index >= 15 is 0 Å². The second-order valence-corrected chi connectivity index (χ2v) is 10.9. The molecule has 0 saturated heterocycles. The van der Waals surface area contributed by atoms with Crippen molar-refractivity contribution in [3.63, 3.8) is 0 Å². The van der Waals surface area contributed by atoms with Crippen LogP contribution in [0.2, 0.25) is 5.02 Å². The van der Waals surface area contributed by atoms with Gasteiger partial charge in [-0.15, -0.1) is 11.8 Å². The molecule has 1 N–H and O–H groups in total. The Morgan fingerprint density at radius 3 is 2.56 bits per heavy atom. The van der Waals surface area contributed by atoms with Gasteiger partial charge in [-0.3, -0.25) is 14.3 Å². The monoisotopic (exact) mass is 494 g/mol. The summed E-state index contributed by atoms with van der Waals surface area (Å²) in [6.07, 6.45) is 2.90. The Morgan fingerprint density at radius 1 is 1.12 bits per heavy atom. The normalized spacial score (nSPS) is 16.3. The molecule has 1 fully saturated rings. The highest BCUT2D eigenvalue weighted by atomic mass is 35.5. The number of benzene rings is 2. The van der Waals surface area contributed by atoms with Gasteiger partial charge in [0.2, 0.25) is 0 Å². The zero-order valence-corrected chi connectivity index (χ0v) is 20.7. The Labute approximate surface area is 208 Å². The number of fused-ring (bicyclic) bond motifs is 1. The van der Waals surface area contributed by atoms with Crippen molar-refractivity contribution in [2.24, 2.45) is 7.05 Å². The first-order valence-corrected chi connectivity index (χ1v) is 12.9. The molecule has 1 saturated carbocycles. The van der Waals surface area contributed by atoms with Crippen LogP contribution in [-0.2, 0) is 25.8 Å². The van der Waals surface area contributed by atoms with Crippen LogP contribution in [0.4, 0.5) is 0 Å². The third kappa shape index (κ3) is 4.86. The van der Waals surface area contributed by atoms with Gasteiger partial charge in [-0.1, -0.05) is 54.1 Å². The second-order valence-electron chi connectivity index (χ2n) is 9.04. The van der Waals surface area contributed by atoms with Crippen LogP contribution in [0.1, 0.15) is 50.5 Å². The molecule has 1 aliphatic carbocycles. The summed E-state index contributed by atoms with van der Waals surface area (Å²) in [6, 6.07) is 17.8. The number of thioether (sulfide) groups is 1. The molecule has 2 heterocycles. The maximum atomic E-state index is 13.4. The zero-order chi connectivity index (χ0) is 23.7. The first-order valence-electron chi connectivity index (χ1n) is 11.5. The third-order valence-electron chi connectivity index (χ3n) is 6.52. The van der Waals surface area contributed by atoms with Crippen LogP contribution < -0.4 is 5.32 Å². The number of hydrogen-bond donors (Lipinski definition) is 1. The Hall–Kier alpha value is -2.77. The minimum absolute atomic E-state index is 0.0282. The molecule has 0 spiro atoms. The average molecular weight is 495 g/mol. The molecule has 2 aromatic carbocycles. The van der Waals surface area contributed by atoms with Gasteiger partial charge >= 0.3 is 0 Å². The van der Waals surface area contributed by atoms with E-state index in [4.69, 9.17) is 11.6 Å². The van der Waals surface area contributed by atoms with E-state index < -0.39 is 0 Å². The molecular formula is C26H27ClN4O2S. The molecule has 2 amide bonds. The fraction of sp³-hybridized carbons (Fsp3) is 0.346. The summed E-state index contributed by atoms with van der Waals surface area (Å²) in [5.74, 6) is 0.669. The number of halogens is 1. The first-order chi connectivity index (χ1) is 16.4. The molecular weight excluding hydrogens is 468 g/mol. The topological polar surface area (TPSA) is 67.2 Å². The summed E-state index contributed by atoms with van der Waals surface area (Å²) in [7, 11) is 1.74. The number of carbonyl (C=O) groups is 2. The van der Waals surface area contributed by atoms with E-state index in [0.29, 0.717) is 35.9 Å². The second kappa shape index (κ2) is 9.47. The Balaban J connectivity index is 1.24. The van der Waals surface area contributed by atoms with Crippen LogP contribution in [0, 0.1) is 0 Å². The number of amides is 2. The number of aryl methyl sites for hydroxylation is 1. The van der Waals surface area contributed by atoms with Gasteiger partial charge in [-0.25, -0.2) is 0 Å². The lowest BCUT2D eigenvalue weighted by atomic mass is 10.0. The Bertz CT molecular complexity index is 1210. The number of carbonyl (C=O) groups excluding carboxylic acids is 2. The van der Waals surface area contributed by atoms with E-state index in [9.17, 15) is 9.59 Å². The molecule has 1 aromatic heterocycles. The fourth-order valence-electron chi connectivity index (χ4n) is 4.42. The van der Waals surface area contributed by atoms with E-state index in [1.165, 1.54) is 5.56 Å². The largest absolute Gasteiger partial charge is 0.347 e. The van der Waals surface area contributed by atoms with Gasteiger partial charge in [0.1, 0.15) is 5.69 Å². The summed E-state index contributed by atoms with van der Waals surface area (Å²) in [6.45, 7) is 1.73. The first kappa shape index (κ1) is 23.0. The van der Waals surface area contributed by atoms with Gasteiger partial charge in [-0.05, 0) is 42.5 Å². The van der Waals surface area contributed by atoms with Gasteiger partial charge < -0.3 is 10.2 Å². The molecule has 1 aliphatic heterocycles. The summed E-state index contributed by atoms with van der Waals surface area (Å²) >= 11 is 7.88. The van der Waals surface area contributed by atoms with Crippen molar-refractivity contribution in [1.82, 2.24) is 20.0 Å². The standard InChI is InChI=1S/C26H27ClN4O2S/c1-30-23-21(22(29-30)24(32)28-15-18-7-9-20(27)10-8-18)11-14-31(25(23)33)17-26(12-13-26)34-16-19-5-3-2-4-6-19/h2-10H,11-17H2,1H3,(H,28,32). The minimum Gasteiger partial charge on any atom is -0.347 e. The van der Waals surface area contributed by atoms with E-state index in [1.807, 2.05) is 34.9 Å². The van der Waals surface area contributed by atoms with Crippen LogP contribution in [0.15, 0.2) is 54.6 Å². The lowest BCUT2D eigenvalue weighted by Crippen LogP contribution is -2.43. The fourth-order valence-corrected chi connectivity index (χ4v) is 5.85. The SMILES string of the molecule is Cn1nc(C(=O)NCc2ccc(Cl)cc2)c2c1C(=O)N(CC1(SCc3ccccc3)CC1)CC2. The van der Waals surface area contributed by atoms with Crippen molar-refractivity contribution in [3.05, 3.63) is 87.7 Å². The highest BCUT2D eigenvalue weighted by Gasteiger charge is 2.46. The van der Waals surface area contributed by atoms with E-state index in [-0.39, 0.29) is 16.6 Å². The average Bonchev–Trinajstić information content (AvgIpc) is 3.53. The highest BCUT2D eigenvalue weighted by molar-refractivity contribution is 8.00. The molecule has 0 unspecified atom stereocenters. The molecule has 6 nitrogen and oxygen atoms in total. The summed E-state index contributed by atoms with van der Waals surface area (Å²) in [4.78, 5) is 28.2. The van der Waals surface area contributed by atoms with Crippen molar-refractivity contribution in [2.45, 2.75) is 36.3 Å². The molecule has 3 aromatic rings. The van der Waals surface area contributed by atoms with Crippen molar-refractivity contribution in [2.75, 3.05) is 13.1 Å². The number of hydrogen-bond acceptors (Lipinski definition) is 4. The van der Waals surface area contributed by atoms with Crippen LogP contribution in [-0.4, -0.2) is 44.3 Å². The number of aromatic nitrogens is 2. The Morgan fingerprint density at radius 2 is 1.85 bits per heavy atom. The molecule has 0 atom stereocenters. The van der Waals surface area contributed by atoms with Crippen molar-refractivity contribution < 1.29 is 9.59 Å². The third-order valence-corrected chi connectivity index (χ3v) is 8.40. The molecule has 34 heavy (non-hydrogen) atoms. The summed E-state index contributed by atoms with van der Waals surface area (Å²) in [5.41, 5.74) is 3.89. The number of nitrogens with zero attached hydrogens (tertiary/aromatic N) is 3. The Kier molecular flexibility index (Phi) is 6.40. The van der Waals surface area contributed by atoms with E-state index in [2.05, 4.69) is 34.7 Å². The lowest BCUT2D eigenvalue weighted by molar-refractivity contribution is 0.0725. The molecule has 5 rings (SSSR count). The molecule has 176 valence electrons. The summed E-state index contributed by atoms with van der Waals surface area (Å²) < 4.78 is 1.71. The van der Waals surface area contributed by atoms with Gasteiger partial charge in [0.15, 0.2) is 5.69 Å². The summed E-state index contributed by atoms with van der Waals surface area (Å²) in [5, 5.41) is 8.00. The lowest BCUT2D eigenvalue weighted by Gasteiger charge is -2.31. The van der Waals surface area contributed by atoms with Crippen molar-refractivity contribution in [3.8, 4) is 0 Å². The van der Waals surface area contributed by atoms with Crippen LogP contribution in [0.5, 0.6) is 0 Å². The van der Waals surface area contributed by atoms with Gasteiger partial charge in [0.25, 0.3) is 11.8 Å². The van der Waals surface area contributed by atoms with Crippen LogP contribution in [0.3, 0.4) is 0 Å². The van der Waals surface area contributed by atoms with Gasteiger partial charge in [0.05, 0.1) is 0 Å². The van der Waals surface area contributed by atoms with E-state index in [0.717, 1.165) is 36.3 Å². The molecule has 0 radical (unpaired) electrons. The van der Waals surface area contributed by atoms with Crippen molar-refractivity contribution in [1.29, 1.82) is 0 Å². The van der Waals surface area contributed by atoms with Gasteiger partial charge in [-0.2, -0.15) is 5.10 Å².